The van der Waals surface area contributed by atoms with Crippen LogP contribution in [0.3, 0.4) is 0 Å². The van der Waals surface area contributed by atoms with Gasteiger partial charge < -0.3 is 19.7 Å². The number of unbranched alkanes of at least 4 members (excludes halogenated alkanes) is 5. The van der Waals surface area contributed by atoms with Gasteiger partial charge in [0.1, 0.15) is 11.9 Å². The van der Waals surface area contributed by atoms with Crippen molar-refractivity contribution < 1.29 is 28.2 Å². The second-order valence-electron chi connectivity index (χ2n) is 9.79. The van der Waals surface area contributed by atoms with Gasteiger partial charge >= 0.3 is 0 Å². The molecule has 0 spiro atoms. The Kier molecular flexibility index (Phi) is 13.1. The van der Waals surface area contributed by atoms with Crippen LogP contribution in [0, 0.1) is 0 Å². The van der Waals surface area contributed by atoms with E-state index in [1.54, 1.807) is 36.4 Å². The first kappa shape index (κ1) is 32.4. The van der Waals surface area contributed by atoms with Crippen LogP contribution in [0.5, 0.6) is 11.5 Å². The third-order valence-electron chi connectivity index (χ3n) is 6.48. The average Bonchev–Trinajstić information content (AvgIpc) is 3.01. The molecule has 0 radical (unpaired) electrons. The third-order valence-corrected chi connectivity index (χ3v) is 7.83. The number of benzene rings is 4. The van der Waals surface area contributed by atoms with Crippen molar-refractivity contribution in [3.63, 3.8) is 0 Å². The fourth-order valence-electron chi connectivity index (χ4n) is 4.24. The Morgan fingerprint density at radius 1 is 0.738 bits per heavy atom. The highest BCUT2D eigenvalue weighted by atomic mass is 32.2. The number of carbonyl (C=O) groups is 1. The molecule has 0 fully saturated rings. The lowest BCUT2D eigenvalue weighted by atomic mass is 10.0. The van der Waals surface area contributed by atoms with Gasteiger partial charge in [-0.15, -0.1) is 0 Å². The van der Waals surface area contributed by atoms with E-state index in [9.17, 15) is 23.4 Å². The van der Waals surface area contributed by atoms with Crippen molar-refractivity contribution in [3.05, 3.63) is 126 Å². The first-order chi connectivity index (χ1) is 20.3. The number of nitrogens with one attached hydrogen (secondary N) is 1. The summed E-state index contributed by atoms with van der Waals surface area (Å²) in [5.74, 6) is -1.02. The summed E-state index contributed by atoms with van der Waals surface area (Å²) in [7, 11) is -3.53. The molecule has 7 nitrogen and oxygen atoms in total. The third kappa shape index (κ3) is 10.7. The second-order valence-corrected chi connectivity index (χ2v) is 11.6. The monoisotopic (exact) mass is 588 g/mol. The van der Waals surface area contributed by atoms with Gasteiger partial charge in [-0.05, 0) is 41.8 Å². The van der Waals surface area contributed by atoms with Crippen LogP contribution in [-0.2, 0) is 10.0 Å². The highest BCUT2D eigenvalue weighted by Crippen LogP contribution is 2.32. The lowest BCUT2D eigenvalue weighted by Crippen LogP contribution is -2.22. The maximum Gasteiger partial charge on any atom is 0.232 e. The van der Waals surface area contributed by atoms with Gasteiger partial charge in [0.2, 0.25) is 10.0 Å². The molecule has 0 saturated carbocycles. The standard InChI is InChI=1S/C21H27NO5S.C13H12O/c1-2-3-4-5-6-11-16-28(25,26)22-18-13-8-10-15-20(18)27-19-14-9-7-12-17(19)21(23)24;14-13(11-7-3-1-4-8-11)12-9-5-2-6-10-12/h7-10,12-15,22H,2-6,11,16H2,1H3,(H,23,24);1-10,13-14H/p-1. The lowest BCUT2D eigenvalue weighted by molar-refractivity contribution is -0.255. The van der Waals surface area contributed by atoms with Crippen LogP contribution in [-0.4, -0.2) is 25.2 Å². The van der Waals surface area contributed by atoms with E-state index in [4.69, 9.17) is 4.74 Å². The molecule has 0 saturated heterocycles. The molecule has 0 atom stereocenters. The number of carboxylic acid groups (broad SMARTS) is 1. The number of para-hydroxylation sites is 3. The normalized spacial score (nSPS) is 10.9. The van der Waals surface area contributed by atoms with E-state index in [2.05, 4.69) is 11.6 Å². The molecule has 4 rings (SSSR count). The van der Waals surface area contributed by atoms with Gasteiger partial charge in [-0.3, -0.25) is 4.72 Å². The maximum absolute atomic E-state index is 12.4. The Labute approximate surface area is 248 Å². The molecule has 4 aromatic carbocycles. The fraction of sp³-hybridized carbons (Fsp3) is 0.265. The number of sulfonamides is 1. The van der Waals surface area contributed by atoms with Crippen molar-refractivity contribution in [1.82, 2.24) is 0 Å². The van der Waals surface area contributed by atoms with Crippen molar-refractivity contribution in [1.29, 1.82) is 0 Å². The molecule has 0 aliphatic rings. The summed E-state index contributed by atoms with van der Waals surface area (Å²) in [6.45, 7) is 2.14. The van der Waals surface area contributed by atoms with Gasteiger partial charge in [-0.25, -0.2) is 8.42 Å². The van der Waals surface area contributed by atoms with E-state index in [1.807, 2.05) is 60.7 Å². The number of anilines is 1. The van der Waals surface area contributed by atoms with E-state index in [1.165, 1.54) is 18.6 Å². The smallest absolute Gasteiger partial charge is 0.232 e. The van der Waals surface area contributed by atoms with Gasteiger partial charge in [0.25, 0.3) is 0 Å². The van der Waals surface area contributed by atoms with Crippen molar-refractivity contribution in [2.45, 2.75) is 51.6 Å². The molecule has 0 aliphatic carbocycles. The summed E-state index contributed by atoms with van der Waals surface area (Å²) < 4.78 is 33.0. The second kappa shape index (κ2) is 17.0. The summed E-state index contributed by atoms with van der Waals surface area (Å²) in [6, 6.07) is 31.9. The van der Waals surface area contributed by atoms with Gasteiger partial charge in [-0.2, -0.15) is 0 Å². The Morgan fingerprint density at radius 2 is 1.24 bits per heavy atom. The molecule has 2 N–H and O–H groups in total. The predicted molar refractivity (Wildman–Crippen MR) is 165 cm³/mol. The van der Waals surface area contributed by atoms with Crippen molar-refractivity contribution in [3.8, 4) is 11.5 Å². The number of aliphatic hydroxyl groups is 1. The van der Waals surface area contributed by atoms with Crippen LogP contribution in [0.25, 0.3) is 0 Å². The largest absolute Gasteiger partial charge is 0.545 e. The Balaban J connectivity index is 0.000000287. The summed E-state index contributed by atoms with van der Waals surface area (Å²) in [5.41, 5.74) is 2.02. The van der Waals surface area contributed by atoms with Crippen LogP contribution >= 0.6 is 0 Å². The van der Waals surface area contributed by atoms with Crippen LogP contribution in [0.15, 0.2) is 109 Å². The highest BCUT2D eigenvalue weighted by molar-refractivity contribution is 7.92. The predicted octanol–water partition coefficient (Wildman–Crippen LogP) is 6.71. The van der Waals surface area contributed by atoms with Crippen LogP contribution in [0.1, 0.15) is 73.0 Å². The first-order valence-electron chi connectivity index (χ1n) is 14.2. The van der Waals surface area contributed by atoms with Crippen molar-refractivity contribution in [2.24, 2.45) is 0 Å². The van der Waals surface area contributed by atoms with E-state index < -0.39 is 22.1 Å². The summed E-state index contributed by atoms with van der Waals surface area (Å²) in [4.78, 5) is 11.2. The van der Waals surface area contributed by atoms with Crippen molar-refractivity contribution in [2.75, 3.05) is 10.5 Å². The maximum atomic E-state index is 12.4. The average molecular weight is 589 g/mol. The first-order valence-corrected chi connectivity index (χ1v) is 15.8. The van der Waals surface area contributed by atoms with Gasteiger partial charge in [0, 0.05) is 5.56 Å². The van der Waals surface area contributed by atoms with E-state index in [-0.39, 0.29) is 28.5 Å². The molecule has 42 heavy (non-hydrogen) atoms. The zero-order valence-electron chi connectivity index (χ0n) is 23.8. The molecule has 222 valence electrons. The molecular formula is C34H38NO6S-. The summed E-state index contributed by atoms with van der Waals surface area (Å²) in [6.07, 6.45) is 5.42. The zero-order valence-corrected chi connectivity index (χ0v) is 24.6. The van der Waals surface area contributed by atoms with Crippen LogP contribution < -0.4 is 14.6 Å². The topological polar surface area (TPSA) is 116 Å². The van der Waals surface area contributed by atoms with E-state index in [0.29, 0.717) is 6.42 Å². The molecule has 0 aromatic heterocycles. The summed E-state index contributed by atoms with van der Waals surface area (Å²) in [5, 5.41) is 21.2. The minimum absolute atomic E-state index is 0.0308. The minimum atomic E-state index is -3.53. The fourth-order valence-corrected chi connectivity index (χ4v) is 5.43. The number of hydrogen-bond acceptors (Lipinski definition) is 6. The molecular weight excluding hydrogens is 550 g/mol. The molecule has 8 heteroatoms. The highest BCUT2D eigenvalue weighted by Gasteiger charge is 2.15. The SMILES string of the molecule is CCCCCCCCS(=O)(=O)Nc1ccccc1Oc1ccccc1C(=O)[O-].OC(c1ccccc1)c1ccccc1. The van der Waals surface area contributed by atoms with Gasteiger partial charge in [-0.1, -0.05) is 124 Å². The van der Waals surface area contributed by atoms with Gasteiger partial charge in [0.05, 0.1) is 17.4 Å². The number of carboxylic acids is 1. The number of aliphatic hydroxyl groups excluding tert-OH is 1. The van der Waals surface area contributed by atoms with E-state index >= 15 is 0 Å². The molecule has 0 amide bonds. The number of rotatable bonds is 14. The van der Waals surface area contributed by atoms with Gasteiger partial charge in [0.15, 0.2) is 5.75 Å². The Morgan fingerprint density at radius 3 is 1.83 bits per heavy atom. The molecule has 0 bridgehead atoms. The molecule has 0 unspecified atom stereocenters. The number of carbonyl (C=O) groups excluding carboxylic acids is 1. The minimum Gasteiger partial charge on any atom is -0.545 e. The Bertz CT molecular complexity index is 1440. The van der Waals surface area contributed by atoms with Crippen LogP contribution in [0.2, 0.25) is 0 Å². The molecule has 0 aliphatic heterocycles. The lowest BCUT2D eigenvalue weighted by Gasteiger charge is -2.15. The molecule has 4 aromatic rings. The number of aromatic carboxylic acids is 1. The summed E-state index contributed by atoms with van der Waals surface area (Å²) >= 11 is 0. The quantitative estimate of drug-likeness (QED) is 0.158. The number of hydrogen-bond donors (Lipinski definition) is 2. The molecule has 0 heterocycles. The van der Waals surface area contributed by atoms with Crippen LogP contribution in [0.4, 0.5) is 5.69 Å². The zero-order chi connectivity index (χ0) is 30.2. The Hall–Kier alpha value is -4.14. The van der Waals surface area contributed by atoms with E-state index in [0.717, 1.165) is 36.8 Å². The van der Waals surface area contributed by atoms with Crippen molar-refractivity contribution >= 4 is 21.7 Å². The number of ether oxygens (including phenoxy) is 1.